The minimum Gasteiger partial charge on any atom is -0.507 e. The number of ether oxygens (including phenoxy) is 2. The van der Waals surface area contributed by atoms with E-state index >= 15 is 0 Å². The van der Waals surface area contributed by atoms with E-state index in [1.165, 1.54) is 25.3 Å². The standard InChI is InChI=1S/C14H16N2O6/c1-21-9-4-5-10(11(17)6-9)13(19)22-7-12(18)16-14(20)15-8-2-3-8/h4-6,8,17H,2-3,7H2,1H3,(H2,15,16,18,20). The summed E-state index contributed by atoms with van der Waals surface area (Å²) in [5, 5.41) is 14.3. The summed E-state index contributed by atoms with van der Waals surface area (Å²) in [5.41, 5.74) is -0.101. The van der Waals surface area contributed by atoms with E-state index in [1.54, 1.807) is 0 Å². The molecular weight excluding hydrogens is 292 g/mol. The van der Waals surface area contributed by atoms with Crippen molar-refractivity contribution in [2.45, 2.75) is 18.9 Å². The van der Waals surface area contributed by atoms with Crippen molar-refractivity contribution in [3.05, 3.63) is 23.8 Å². The molecule has 0 heterocycles. The molecule has 3 amide bonds. The lowest BCUT2D eigenvalue weighted by molar-refractivity contribution is -0.123. The molecule has 22 heavy (non-hydrogen) atoms. The van der Waals surface area contributed by atoms with Crippen LogP contribution in [-0.4, -0.2) is 42.8 Å². The van der Waals surface area contributed by atoms with Gasteiger partial charge in [0, 0.05) is 12.1 Å². The van der Waals surface area contributed by atoms with E-state index < -0.39 is 24.5 Å². The smallest absolute Gasteiger partial charge is 0.342 e. The van der Waals surface area contributed by atoms with Gasteiger partial charge in [-0.15, -0.1) is 0 Å². The van der Waals surface area contributed by atoms with Gasteiger partial charge >= 0.3 is 12.0 Å². The highest BCUT2D eigenvalue weighted by molar-refractivity contribution is 5.97. The minimum absolute atomic E-state index is 0.101. The third-order valence-corrected chi connectivity index (χ3v) is 2.92. The first-order valence-electron chi connectivity index (χ1n) is 6.64. The van der Waals surface area contributed by atoms with E-state index in [-0.39, 0.29) is 17.4 Å². The number of carbonyl (C=O) groups excluding carboxylic acids is 3. The van der Waals surface area contributed by atoms with E-state index in [2.05, 4.69) is 5.32 Å². The maximum Gasteiger partial charge on any atom is 0.342 e. The number of imide groups is 1. The van der Waals surface area contributed by atoms with E-state index in [1.807, 2.05) is 5.32 Å². The second-order valence-corrected chi connectivity index (χ2v) is 4.76. The topological polar surface area (TPSA) is 114 Å². The van der Waals surface area contributed by atoms with Crippen molar-refractivity contribution in [1.29, 1.82) is 0 Å². The van der Waals surface area contributed by atoms with Crippen molar-refractivity contribution < 1.29 is 29.0 Å². The van der Waals surface area contributed by atoms with Gasteiger partial charge in [0.25, 0.3) is 5.91 Å². The summed E-state index contributed by atoms with van der Waals surface area (Å²) in [5.74, 6) is -1.57. The maximum atomic E-state index is 11.7. The normalized spacial score (nSPS) is 13.1. The summed E-state index contributed by atoms with van der Waals surface area (Å²) < 4.78 is 9.62. The number of carbonyl (C=O) groups is 3. The molecule has 2 rings (SSSR count). The molecule has 8 nitrogen and oxygen atoms in total. The third kappa shape index (κ3) is 4.37. The first-order valence-corrected chi connectivity index (χ1v) is 6.64. The largest absolute Gasteiger partial charge is 0.507 e. The third-order valence-electron chi connectivity index (χ3n) is 2.92. The Labute approximate surface area is 126 Å². The molecule has 1 fully saturated rings. The number of aromatic hydroxyl groups is 1. The SMILES string of the molecule is COc1ccc(C(=O)OCC(=O)NC(=O)NC2CC2)c(O)c1. The Morgan fingerprint density at radius 2 is 2.05 bits per heavy atom. The average molecular weight is 308 g/mol. The molecule has 1 aromatic carbocycles. The van der Waals surface area contributed by atoms with E-state index in [4.69, 9.17) is 9.47 Å². The van der Waals surface area contributed by atoms with E-state index in [9.17, 15) is 19.5 Å². The molecule has 1 aromatic rings. The number of benzene rings is 1. The van der Waals surface area contributed by atoms with Crippen LogP contribution in [0.1, 0.15) is 23.2 Å². The van der Waals surface area contributed by atoms with Crippen LogP contribution in [0.2, 0.25) is 0 Å². The first kappa shape index (κ1) is 15.6. The van der Waals surface area contributed by atoms with Gasteiger partial charge in [-0.05, 0) is 25.0 Å². The molecule has 1 aliphatic carbocycles. The number of nitrogens with one attached hydrogen (secondary N) is 2. The van der Waals surface area contributed by atoms with Crippen molar-refractivity contribution in [3.8, 4) is 11.5 Å². The minimum atomic E-state index is -0.877. The molecule has 3 N–H and O–H groups in total. The van der Waals surface area contributed by atoms with Gasteiger partial charge < -0.3 is 19.9 Å². The Kier molecular flexibility index (Phi) is 4.82. The van der Waals surface area contributed by atoms with Crippen LogP contribution in [0.3, 0.4) is 0 Å². The predicted molar refractivity (Wildman–Crippen MR) is 74.6 cm³/mol. The molecule has 0 atom stereocenters. The molecule has 0 spiro atoms. The Morgan fingerprint density at radius 1 is 1.32 bits per heavy atom. The number of esters is 1. The van der Waals surface area contributed by atoms with Crippen LogP contribution >= 0.6 is 0 Å². The molecule has 0 aromatic heterocycles. The van der Waals surface area contributed by atoms with Crippen molar-refractivity contribution in [2.24, 2.45) is 0 Å². The van der Waals surface area contributed by atoms with Gasteiger partial charge in [-0.25, -0.2) is 9.59 Å². The quantitative estimate of drug-likeness (QED) is 0.684. The Bertz CT molecular complexity index is 597. The van der Waals surface area contributed by atoms with Crippen LogP contribution in [0, 0.1) is 0 Å². The molecule has 0 radical (unpaired) electrons. The zero-order valence-electron chi connectivity index (χ0n) is 11.9. The van der Waals surface area contributed by atoms with Gasteiger partial charge in [-0.1, -0.05) is 0 Å². The predicted octanol–water partition coefficient (Wildman–Crippen LogP) is 0.546. The molecule has 0 unspecified atom stereocenters. The van der Waals surface area contributed by atoms with E-state index in [0.29, 0.717) is 5.75 Å². The summed E-state index contributed by atoms with van der Waals surface area (Å²) in [4.78, 5) is 34.5. The summed E-state index contributed by atoms with van der Waals surface area (Å²) in [7, 11) is 1.42. The van der Waals surface area contributed by atoms with Crippen LogP contribution in [0.25, 0.3) is 0 Å². The Morgan fingerprint density at radius 3 is 2.64 bits per heavy atom. The van der Waals surface area contributed by atoms with Gasteiger partial charge in [0.05, 0.1) is 7.11 Å². The molecule has 0 aliphatic heterocycles. The Hall–Kier alpha value is -2.77. The fourth-order valence-electron chi connectivity index (χ4n) is 1.63. The summed E-state index contributed by atoms with van der Waals surface area (Å²) in [6, 6.07) is 3.54. The number of amides is 3. The maximum absolute atomic E-state index is 11.7. The average Bonchev–Trinajstić information content (AvgIpc) is 3.28. The molecule has 1 aliphatic rings. The van der Waals surface area contributed by atoms with Crippen LogP contribution < -0.4 is 15.4 Å². The number of rotatable bonds is 5. The fourth-order valence-corrected chi connectivity index (χ4v) is 1.63. The van der Waals surface area contributed by atoms with E-state index in [0.717, 1.165) is 12.8 Å². The van der Waals surface area contributed by atoms with Crippen LogP contribution in [-0.2, 0) is 9.53 Å². The zero-order valence-corrected chi connectivity index (χ0v) is 11.9. The van der Waals surface area contributed by atoms with Gasteiger partial charge in [-0.3, -0.25) is 10.1 Å². The van der Waals surface area contributed by atoms with Crippen LogP contribution in [0.15, 0.2) is 18.2 Å². The molecular formula is C14H16N2O6. The lowest BCUT2D eigenvalue weighted by Gasteiger charge is -2.08. The second-order valence-electron chi connectivity index (χ2n) is 4.76. The molecule has 8 heteroatoms. The van der Waals surface area contributed by atoms with Crippen molar-refractivity contribution in [1.82, 2.24) is 10.6 Å². The lowest BCUT2D eigenvalue weighted by Crippen LogP contribution is -2.42. The monoisotopic (exact) mass is 308 g/mol. The fraction of sp³-hybridized carbons (Fsp3) is 0.357. The summed E-state index contributed by atoms with van der Waals surface area (Å²) >= 11 is 0. The molecule has 118 valence electrons. The van der Waals surface area contributed by atoms with Gasteiger partial charge in [0.15, 0.2) is 6.61 Å². The highest BCUT2D eigenvalue weighted by atomic mass is 16.5. The second kappa shape index (κ2) is 6.79. The number of urea groups is 1. The number of phenolic OH excluding ortho intramolecular Hbond substituents is 1. The highest BCUT2D eigenvalue weighted by Crippen LogP contribution is 2.23. The summed E-state index contributed by atoms with van der Waals surface area (Å²) in [6.45, 7) is -0.623. The first-order chi connectivity index (χ1) is 10.5. The lowest BCUT2D eigenvalue weighted by atomic mass is 10.2. The van der Waals surface area contributed by atoms with Crippen molar-refractivity contribution in [3.63, 3.8) is 0 Å². The zero-order chi connectivity index (χ0) is 16.1. The summed E-state index contributed by atoms with van der Waals surface area (Å²) in [6.07, 6.45) is 1.79. The van der Waals surface area contributed by atoms with Crippen molar-refractivity contribution >= 4 is 17.9 Å². The number of hydrogen-bond acceptors (Lipinski definition) is 6. The number of phenols is 1. The van der Waals surface area contributed by atoms with Gasteiger partial charge in [0.2, 0.25) is 0 Å². The number of methoxy groups -OCH3 is 1. The molecule has 0 bridgehead atoms. The molecule has 0 saturated heterocycles. The van der Waals surface area contributed by atoms with Crippen LogP contribution in [0.4, 0.5) is 4.79 Å². The Balaban J connectivity index is 1.81. The van der Waals surface area contributed by atoms with Crippen molar-refractivity contribution in [2.75, 3.05) is 13.7 Å². The van der Waals surface area contributed by atoms with Crippen LogP contribution in [0.5, 0.6) is 11.5 Å². The highest BCUT2D eigenvalue weighted by Gasteiger charge is 2.24. The number of hydrogen-bond donors (Lipinski definition) is 3. The molecule has 1 saturated carbocycles. The van der Waals surface area contributed by atoms with Gasteiger partial charge in [0.1, 0.15) is 17.1 Å². The van der Waals surface area contributed by atoms with Gasteiger partial charge in [-0.2, -0.15) is 0 Å².